The summed E-state index contributed by atoms with van der Waals surface area (Å²) in [7, 11) is 0. The number of ketones is 1. The maximum absolute atomic E-state index is 12.7. The Labute approximate surface area is 168 Å². The van der Waals surface area contributed by atoms with Crippen molar-refractivity contribution in [2.24, 2.45) is 0 Å². The normalized spacial score (nSPS) is 11.3. The Hall–Kier alpha value is -3.20. The first kappa shape index (κ1) is 19.1. The van der Waals surface area contributed by atoms with E-state index in [2.05, 4.69) is 19.9 Å². The molecule has 2 aromatic heterocycles. The highest BCUT2D eigenvalue weighted by Gasteiger charge is 2.18. The van der Waals surface area contributed by atoms with Crippen molar-refractivity contribution in [3.63, 3.8) is 0 Å². The molecule has 0 saturated heterocycles. The predicted octanol–water partition coefficient (Wildman–Crippen LogP) is 5.10. The van der Waals surface area contributed by atoms with Crippen LogP contribution < -0.4 is 4.74 Å². The maximum atomic E-state index is 12.7. The zero-order valence-corrected chi connectivity index (χ0v) is 16.0. The van der Waals surface area contributed by atoms with Gasteiger partial charge in [0.25, 0.3) is 5.22 Å². The van der Waals surface area contributed by atoms with Gasteiger partial charge in [0.15, 0.2) is 5.78 Å². The van der Waals surface area contributed by atoms with Crippen LogP contribution in [-0.2, 0) is 0 Å². The molecule has 0 amide bonds. The average molecular weight is 415 g/mol. The highest BCUT2D eigenvalue weighted by atomic mass is 32.2. The first-order valence-corrected chi connectivity index (χ1v) is 9.62. The molecule has 0 aliphatic rings. The van der Waals surface area contributed by atoms with Crippen molar-refractivity contribution in [2.75, 3.05) is 5.75 Å². The number of H-pyrrole nitrogens is 1. The van der Waals surface area contributed by atoms with Crippen molar-refractivity contribution < 1.29 is 22.7 Å². The Morgan fingerprint density at radius 1 is 1.17 bits per heavy atom. The number of nitrogens with one attached hydrogen (secondary N) is 1. The van der Waals surface area contributed by atoms with Crippen molar-refractivity contribution in [3.8, 4) is 17.2 Å². The summed E-state index contributed by atoms with van der Waals surface area (Å²) in [5.41, 5.74) is 2.94. The fourth-order valence-corrected chi connectivity index (χ4v) is 3.63. The number of para-hydroxylation sites is 1. The number of ether oxygens (including phenoxy) is 1. The minimum Gasteiger partial charge on any atom is -0.435 e. The summed E-state index contributed by atoms with van der Waals surface area (Å²) in [4.78, 5) is 15.9. The second kappa shape index (κ2) is 8.04. The molecule has 2 heterocycles. The molecule has 4 rings (SSSR count). The lowest BCUT2D eigenvalue weighted by Gasteiger charge is -2.03. The highest BCUT2D eigenvalue weighted by Crippen LogP contribution is 2.28. The van der Waals surface area contributed by atoms with E-state index < -0.39 is 6.61 Å². The summed E-state index contributed by atoms with van der Waals surface area (Å²) in [6, 6.07) is 13.5. The topological polar surface area (TPSA) is 81.0 Å². The number of benzene rings is 2. The monoisotopic (exact) mass is 415 g/mol. The van der Waals surface area contributed by atoms with Gasteiger partial charge in [-0.05, 0) is 37.3 Å². The molecule has 0 atom stereocenters. The maximum Gasteiger partial charge on any atom is 0.387 e. The van der Waals surface area contributed by atoms with Crippen LogP contribution in [0.4, 0.5) is 8.78 Å². The standard InChI is InChI=1S/C20H15F2N3O3S/c1-11-17(14-4-2-3-5-15(14)23-11)16(26)10-29-20-25-24-18(28-20)12-6-8-13(9-7-12)27-19(21)22/h2-9,19,23H,10H2,1H3. The van der Waals surface area contributed by atoms with E-state index >= 15 is 0 Å². The molecule has 4 aromatic rings. The van der Waals surface area contributed by atoms with Gasteiger partial charge < -0.3 is 14.1 Å². The molecule has 148 valence electrons. The molecule has 0 bridgehead atoms. The van der Waals surface area contributed by atoms with Crippen LogP contribution in [0.2, 0.25) is 0 Å². The van der Waals surface area contributed by atoms with Crippen LogP contribution in [0.25, 0.3) is 22.4 Å². The zero-order valence-electron chi connectivity index (χ0n) is 15.2. The van der Waals surface area contributed by atoms with Crippen LogP contribution in [0.3, 0.4) is 0 Å². The van der Waals surface area contributed by atoms with Gasteiger partial charge in [-0.1, -0.05) is 30.0 Å². The van der Waals surface area contributed by atoms with Crippen molar-refractivity contribution in [2.45, 2.75) is 18.8 Å². The summed E-state index contributed by atoms with van der Waals surface area (Å²) in [6.07, 6.45) is 0. The van der Waals surface area contributed by atoms with Gasteiger partial charge in [-0.25, -0.2) is 0 Å². The molecule has 9 heteroatoms. The van der Waals surface area contributed by atoms with E-state index in [9.17, 15) is 13.6 Å². The van der Waals surface area contributed by atoms with Crippen molar-refractivity contribution in [3.05, 3.63) is 59.8 Å². The zero-order chi connectivity index (χ0) is 20.4. The Balaban J connectivity index is 1.44. The minimum atomic E-state index is -2.88. The first-order valence-electron chi connectivity index (χ1n) is 8.63. The Morgan fingerprint density at radius 2 is 1.93 bits per heavy atom. The number of nitrogens with zero attached hydrogens (tertiary/aromatic N) is 2. The number of hydrogen-bond acceptors (Lipinski definition) is 6. The van der Waals surface area contributed by atoms with Crippen LogP contribution in [0.1, 0.15) is 16.1 Å². The number of alkyl halides is 2. The van der Waals surface area contributed by atoms with E-state index in [1.807, 2.05) is 31.2 Å². The number of halogens is 2. The lowest BCUT2D eigenvalue weighted by atomic mass is 10.1. The van der Waals surface area contributed by atoms with Gasteiger partial charge in [-0.3, -0.25) is 4.79 Å². The second-order valence-electron chi connectivity index (χ2n) is 6.16. The predicted molar refractivity (Wildman–Crippen MR) is 104 cm³/mol. The number of carbonyl (C=O) groups excluding carboxylic acids is 1. The third-order valence-electron chi connectivity index (χ3n) is 4.23. The molecule has 0 saturated carbocycles. The summed E-state index contributed by atoms with van der Waals surface area (Å²) < 4.78 is 34.3. The Morgan fingerprint density at radius 3 is 2.69 bits per heavy atom. The van der Waals surface area contributed by atoms with E-state index in [0.717, 1.165) is 28.4 Å². The van der Waals surface area contributed by atoms with Crippen LogP contribution in [0.5, 0.6) is 5.75 Å². The molecule has 0 spiro atoms. The van der Waals surface area contributed by atoms with Gasteiger partial charge in [-0.15, -0.1) is 10.2 Å². The molecule has 0 fully saturated rings. The molecule has 0 aliphatic carbocycles. The van der Waals surface area contributed by atoms with Crippen LogP contribution in [0, 0.1) is 6.92 Å². The molecule has 2 aromatic carbocycles. The number of carbonyl (C=O) groups is 1. The average Bonchev–Trinajstić information content (AvgIpc) is 3.30. The van der Waals surface area contributed by atoms with Gasteiger partial charge in [0.05, 0.1) is 5.75 Å². The highest BCUT2D eigenvalue weighted by molar-refractivity contribution is 7.99. The molecule has 0 unspecified atom stereocenters. The smallest absolute Gasteiger partial charge is 0.387 e. The number of hydrogen-bond donors (Lipinski definition) is 1. The van der Waals surface area contributed by atoms with Crippen molar-refractivity contribution in [1.82, 2.24) is 15.2 Å². The minimum absolute atomic E-state index is 0.0394. The van der Waals surface area contributed by atoms with E-state index in [0.29, 0.717) is 11.1 Å². The quantitative estimate of drug-likeness (QED) is 0.334. The summed E-state index contributed by atoms with van der Waals surface area (Å²) in [5, 5.41) is 9.01. The Kier molecular flexibility index (Phi) is 5.30. The van der Waals surface area contributed by atoms with Crippen LogP contribution in [-0.4, -0.2) is 33.3 Å². The van der Waals surface area contributed by atoms with Crippen molar-refractivity contribution >= 4 is 28.4 Å². The first-order chi connectivity index (χ1) is 14.0. The van der Waals surface area contributed by atoms with Gasteiger partial charge >= 0.3 is 6.61 Å². The number of Topliss-reactive ketones (excluding diaryl/α,β-unsaturated/α-hetero) is 1. The molecule has 6 nitrogen and oxygen atoms in total. The van der Waals surface area contributed by atoms with E-state index in [4.69, 9.17) is 4.42 Å². The number of thioether (sulfide) groups is 1. The number of aromatic nitrogens is 3. The van der Waals surface area contributed by atoms with Gasteiger partial charge in [0.1, 0.15) is 5.75 Å². The number of aryl methyl sites for hydroxylation is 1. The number of rotatable bonds is 7. The number of fused-ring (bicyclic) bond motifs is 1. The summed E-state index contributed by atoms with van der Waals surface area (Å²) >= 11 is 1.14. The summed E-state index contributed by atoms with van der Waals surface area (Å²) in [5.74, 6) is 0.369. The Bertz CT molecular complexity index is 1160. The van der Waals surface area contributed by atoms with Crippen molar-refractivity contribution in [1.29, 1.82) is 0 Å². The molecule has 1 N–H and O–H groups in total. The van der Waals surface area contributed by atoms with E-state index in [1.54, 1.807) is 12.1 Å². The van der Waals surface area contributed by atoms with E-state index in [1.165, 1.54) is 12.1 Å². The lowest BCUT2D eigenvalue weighted by molar-refractivity contribution is -0.0498. The molecule has 0 radical (unpaired) electrons. The molecular weight excluding hydrogens is 400 g/mol. The van der Waals surface area contributed by atoms with Crippen LogP contribution >= 0.6 is 11.8 Å². The largest absolute Gasteiger partial charge is 0.435 e. The fraction of sp³-hybridized carbons (Fsp3) is 0.150. The molecule has 29 heavy (non-hydrogen) atoms. The molecule has 0 aliphatic heterocycles. The van der Waals surface area contributed by atoms with Crippen LogP contribution in [0.15, 0.2) is 58.2 Å². The number of aromatic amines is 1. The lowest BCUT2D eigenvalue weighted by Crippen LogP contribution is -2.03. The third kappa shape index (κ3) is 4.14. The molecular formula is C20H15F2N3O3S. The van der Waals surface area contributed by atoms with E-state index in [-0.39, 0.29) is 28.4 Å². The van der Waals surface area contributed by atoms with Gasteiger partial charge in [0, 0.05) is 27.7 Å². The SMILES string of the molecule is Cc1[nH]c2ccccc2c1C(=O)CSc1nnc(-c2ccc(OC(F)F)cc2)o1. The second-order valence-corrected chi connectivity index (χ2v) is 7.09. The third-order valence-corrected chi connectivity index (χ3v) is 5.05. The van der Waals surface area contributed by atoms with Gasteiger partial charge in [-0.2, -0.15) is 8.78 Å². The fourth-order valence-electron chi connectivity index (χ4n) is 3.00. The summed E-state index contributed by atoms with van der Waals surface area (Å²) in [6.45, 7) is -1.02. The van der Waals surface area contributed by atoms with Gasteiger partial charge in [0.2, 0.25) is 5.89 Å².